The van der Waals surface area contributed by atoms with Crippen molar-refractivity contribution in [2.45, 2.75) is 90.1 Å². The van der Waals surface area contributed by atoms with Crippen LogP contribution in [0.25, 0.3) is 0 Å². The predicted molar refractivity (Wildman–Crippen MR) is 148 cm³/mol. The molecule has 0 aliphatic rings. The second kappa shape index (κ2) is 11.2. The molecule has 3 nitrogen and oxygen atoms in total. The molecule has 0 spiro atoms. The van der Waals surface area contributed by atoms with Crippen molar-refractivity contribution >= 4 is 32.7 Å². The molecule has 33 heavy (non-hydrogen) atoms. The van der Waals surface area contributed by atoms with E-state index in [0.717, 1.165) is 16.9 Å². The first kappa shape index (κ1) is 29.5. The van der Waals surface area contributed by atoms with Crippen molar-refractivity contribution in [1.29, 1.82) is 0 Å². The number of hydrogen-bond acceptors (Lipinski definition) is 2. The van der Waals surface area contributed by atoms with Crippen LogP contribution in [0, 0.1) is 0 Å². The standard InChI is InChI=1S/C21H28O3Si.C6H15ClSi/c1-21(2,3)25(4,5)24-18-13-11-16(12-14-18)15-19(20(22)23)17-9-7-6-8-10-17;1-6(2,3)8(4,5)7/h6-14,19H,15H2,1-5H3,(H,22,23);1-5H3. The summed E-state index contributed by atoms with van der Waals surface area (Å²) >= 11 is 6.15. The van der Waals surface area contributed by atoms with Gasteiger partial charge in [-0.15, -0.1) is 0 Å². The second-order valence-electron chi connectivity index (χ2n) is 11.7. The molecule has 0 saturated heterocycles. The lowest BCUT2D eigenvalue weighted by molar-refractivity contribution is -0.138. The lowest BCUT2D eigenvalue weighted by Gasteiger charge is -2.36. The molecule has 2 aromatic rings. The molecule has 2 aromatic carbocycles. The van der Waals surface area contributed by atoms with E-state index in [0.29, 0.717) is 11.5 Å². The summed E-state index contributed by atoms with van der Waals surface area (Å²) in [5.41, 5.74) is 1.83. The van der Waals surface area contributed by atoms with Crippen molar-refractivity contribution in [3.05, 3.63) is 65.7 Å². The molecule has 0 fully saturated rings. The van der Waals surface area contributed by atoms with Gasteiger partial charge >= 0.3 is 5.97 Å². The zero-order valence-electron chi connectivity index (χ0n) is 22.1. The minimum atomic E-state index is -1.86. The highest BCUT2D eigenvalue weighted by Crippen LogP contribution is 2.38. The van der Waals surface area contributed by atoms with Crippen LogP contribution in [-0.4, -0.2) is 26.8 Å². The number of carboxylic acids is 1. The van der Waals surface area contributed by atoms with Crippen LogP contribution in [0.1, 0.15) is 58.6 Å². The van der Waals surface area contributed by atoms with Crippen molar-refractivity contribution in [2.75, 3.05) is 0 Å². The molecule has 0 aliphatic heterocycles. The molecule has 1 N–H and O–H groups in total. The summed E-state index contributed by atoms with van der Waals surface area (Å²) in [6.07, 6.45) is 0.472. The van der Waals surface area contributed by atoms with Gasteiger partial charge in [0.15, 0.2) is 7.38 Å². The highest BCUT2D eigenvalue weighted by molar-refractivity contribution is 7.20. The second-order valence-corrected chi connectivity index (χ2v) is 23.7. The third-order valence-electron chi connectivity index (χ3n) is 6.83. The minimum absolute atomic E-state index is 0.146. The minimum Gasteiger partial charge on any atom is -0.544 e. The Bertz CT molecular complexity index is 863. The molecule has 2 rings (SSSR count). The van der Waals surface area contributed by atoms with Gasteiger partial charge in [-0.05, 0) is 52.9 Å². The van der Waals surface area contributed by atoms with Crippen molar-refractivity contribution in [1.82, 2.24) is 0 Å². The largest absolute Gasteiger partial charge is 0.544 e. The quantitative estimate of drug-likeness (QED) is 0.314. The van der Waals surface area contributed by atoms with E-state index in [4.69, 9.17) is 15.5 Å². The van der Waals surface area contributed by atoms with E-state index >= 15 is 0 Å². The monoisotopic (exact) mass is 506 g/mol. The van der Waals surface area contributed by atoms with Gasteiger partial charge in [0.1, 0.15) is 5.75 Å². The summed E-state index contributed by atoms with van der Waals surface area (Å²) in [7, 11) is -3.25. The lowest BCUT2D eigenvalue weighted by atomic mass is 9.92. The van der Waals surface area contributed by atoms with Gasteiger partial charge in [0.05, 0.1) is 5.92 Å². The van der Waals surface area contributed by atoms with E-state index in [1.165, 1.54) is 0 Å². The number of halogens is 1. The van der Waals surface area contributed by atoms with Crippen LogP contribution in [0.3, 0.4) is 0 Å². The Morgan fingerprint density at radius 3 is 1.70 bits per heavy atom. The average Bonchev–Trinajstić information content (AvgIpc) is 2.65. The number of carbonyl (C=O) groups is 1. The van der Waals surface area contributed by atoms with Crippen LogP contribution < -0.4 is 4.43 Å². The van der Waals surface area contributed by atoms with Crippen molar-refractivity contribution in [3.63, 3.8) is 0 Å². The first-order chi connectivity index (χ1) is 14.8. The third-order valence-corrected chi connectivity index (χ3v) is 16.5. The summed E-state index contributed by atoms with van der Waals surface area (Å²) in [5, 5.41) is 10.1. The Kier molecular flexibility index (Phi) is 10.0. The molecule has 0 heterocycles. The SMILES string of the molecule is CC(C)(C)[Si](C)(C)Cl.CC(C)(C)[Si](C)(C)Oc1ccc(CC(C(=O)O)c2ccccc2)cc1. The first-order valence-corrected chi connectivity index (χ1v) is 18.5. The Morgan fingerprint density at radius 1 is 0.879 bits per heavy atom. The topological polar surface area (TPSA) is 46.5 Å². The molecule has 0 saturated carbocycles. The van der Waals surface area contributed by atoms with E-state index in [1.54, 1.807) is 0 Å². The Balaban J connectivity index is 0.000000582. The predicted octanol–water partition coefficient (Wildman–Crippen LogP) is 8.71. The highest BCUT2D eigenvalue weighted by atomic mass is 35.6. The molecule has 184 valence electrons. The number of rotatable bonds is 6. The molecular weight excluding hydrogens is 464 g/mol. The molecule has 0 radical (unpaired) electrons. The van der Waals surface area contributed by atoms with Crippen LogP contribution in [0.4, 0.5) is 0 Å². The molecule has 6 heteroatoms. The number of hydrogen-bond donors (Lipinski definition) is 1. The normalized spacial score (nSPS) is 13.5. The molecular formula is C27H43ClO3Si2. The summed E-state index contributed by atoms with van der Waals surface area (Å²) in [6, 6.07) is 17.3. The fraction of sp³-hybridized carbons (Fsp3) is 0.519. The van der Waals surface area contributed by atoms with Gasteiger partial charge in [0.25, 0.3) is 0 Å². The summed E-state index contributed by atoms with van der Waals surface area (Å²) < 4.78 is 6.28. The maximum Gasteiger partial charge on any atom is 0.311 e. The molecule has 0 aromatic heterocycles. The molecule has 0 aliphatic carbocycles. The molecule has 0 bridgehead atoms. The molecule has 1 atom stereocenters. The van der Waals surface area contributed by atoms with Crippen LogP contribution >= 0.6 is 11.1 Å². The van der Waals surface area contributed by atoms with E-state index in [9.17, 15) is 9.90 Å². The van der Waals surface area contributed by atoms with Gasteiger partial charge < -0.3 is 9.53 Å². The molecule has 1 unspecified atom stereocenters. The van der Waals surface area contributed by atoms with Crippen LogP contribution in [0.2, 0.25) is 36.3 Å². The van der Waals surface area contributed by atoms with Gasteiger partial charge in [-0.2, -0.15) is 11.1 Å². The van der Waals surface area contributed by atoms with Crippen LogP contribution in [0.15, 0.2) is 54.6 Å². The highest BCUT2D eigenvalue weighted by Gasteiger charge is 2.39. The summed E-state index contributed by atoms with van der Waals surface area (Å²) in [5.74, 6) is -0.469. The maximum absolute atomic E-state index is 11.7. The summed E-state index contributed by atoms with van der Waals surface area (Å²) in [4.78, 5) is 11.7. The Hall–Kier alpha value is -1.57. The van der Waals surface area contributed by atoms with Crippen molar-refractivity contribution in [3.8, 4) is 5.75 Å². The maximum atomic E-state index is 11.7. The first-order valence-electron chi connectivity index (χ1n) is 11.6. The Morgan fingerprint density at radius 2 is 1.33 bits per heavy atom. The van der Waals surface area contributed by atoms with E-state index in [-0.39, 0.29) is 5.04 Å². The number of carboxylic acid groups (broad SMARTS) is 1. The van der Waals surface area contributed by atoms with Gasteiger partial charge in [-0.25, -0.2) is 0 Å². The number of aliphatic carboxylic acids is 1. The Labute approximate surface area is 208 Å². The summed E-state index contributed by atoms with van der Waals surface area (Å²) in [6.45, 7) is 22.0. The van der Waals surface area contributed by atoms with Gasteiger partial charge in [-0.3, -0.25) is 4.79 Å². The van der Waals surface area contributed by atoms with Gasteiger partial charge in [0.2, 0.25) is 8.32 Å². The van der Waals surface area contributed by atoms with Gasteiger partial charge in [0, 0.05) is 0 Å². The fourth-order valence-corrected chi connectivity index (χ4v) is 3.44. The fourth-order valence-electron chi connectivity index (χ4n) is 2.41. The van der Waals surface area contributed by atoms with E-state index in [1.807, 2.05) is 54.6 Å². The van der Waals surface area contributed by atoms with Crippen LogP contribution in [-0.2, 0) is 11.2 Å². The lowest BCUT2D eigenvalue weighted by Crippen LogP contribution is -2.43. The number of benzene rings is 2. The molecule has 0 amide bonds. The third kappa shape index (κ3) is 9.30. The van der Waals surface area contributed by atoms with Crippen LogP contribution in [0.5, 0.6) is 5.75 Å². The van der Waals surface area contributed by atoms with Gasteiger partial charge in [-0.1, -0.05) is 97.1 Å². The van der Waals surface area contributed by atoms with Crippen molar-refractivity contribution < 1.29 is 14.3 Å². The van der Waals surface area contributed by atoms with Crippen molar-refractivity contribution in [2.24, 2.45) is 0 Å². The average molecular weight is 507 g/mol. The van der Waals surface area contributed by atoms with E-state index in [2.05, 4.69) is 67.7 Å². The smallest absolute Gasteiger partial charge is 0.311 e. The zero-order valence-corrected chi connectivity index (χ0v) is 24.9. The zero-order chi connectivity index (χ0) is 25.7. The van der Waals surface area contributed by atoms with E-state index < -0.39 is 27.6 Å².